The van der Waals surface area contributed by atoms with Crippen LogP contribution in [0.2, 0.25) is 0 Å². The average Bonchev–Trinajstić information content (AvgIpc) is 2.47. The molecule has 22 heavy (non-hydrogen) atoms. The third-order valence-corrected chi connectivity index (χ3v) is 3.23. The van der Waals surface area contributed by atoms with Crippen molar-refractivity contribution in [3.63, 3.8) is 0 Å². The highest BCUT2D eigenvalue weighted by Crippen LogP contribution is 1.95. The van der Waals surface area contributed by atoms with Crippen molar-refractivity contribution in [2.75, 3.05) is 28.2 Å². The molecular formula is C13H19N7S2. The zero-order valence-electron chi connectivity index (χ0n) is 12.9. The first-order valence-corrected chi connectivity index (χ1v) is 7.19. The lowest BCUT2D eigenvalue weighted by Gasteiger charge is -2.11. The molecule has 0 radical (unpaired) electrons. The number of aromatic nitrogens is 1. The van der Waals surface area contributed by atoms with Gasteiger partial charge in [0.15, 0.2) is 10.2 Å². The van der Waals surface area contributed by atoms with Crippen LogP contribution in [0.1, 0.15) is 11.4 Å². The third-order valence-electron chi connectivity index (χ3n) is 2.32. The topological polar surface area (TPSA) is 68.2 Å². The van der Waals surface area contributed by atoms with Gasteiger partial charge in [0.1, 0.15) is 0 Å². The van der Waals surface area contributed by atoms with E-state index in [-0.39, 0.29) is 0 Å². The second-order valence-electron chi connectivity index (χ2n) is 4.63. The molecule has 0 atom stereocenters. The van der Waals surface area contributed by atoms with Crippen molar-refractivity contribution in [2.45, 2.75) is 0 Å². The fourth-order valence-corrected chi connectivity index (χ4v) is 1.23. The molecule has 9 heteroatoms. The van der Waals surface area contributed by atoms with Gasteiger partial charge in [-0.25, -0.2) is 4.98 Å². The molecule has 0 saturated carbocycles. The predicted octanol–water partition coefficient (Wildman–Crippen LogP) is 0.622. The smallest absolute Gasteiger partial charge is 0.189 e. The summed E-state index contributed by atoms with van der Waals surface area (Å²) in [7, 11) is 7.35. The summed E-state index contributed by atoms with van der Waals surface area (Å²) in [6.45, 7) is 0. The molecule has 0 bridgehead atoms. The number of nitrogens with one attached hydrogen (secondary N) is 2. The zero-order valence-corrected chi connectivity index (χ0v) is 14.6. The first-order valence-electron chi connectivity index (χ1n) is 6.38. The minimum atomic E-state index is 0.523. The van der Waals surface area contributed by atoms with Crippen molar-refractivity contribution in [1.82, 2.24) is 25.6 Å². The van der Waals surface area contributed by atoms with Crippen LogP contribution in [0.25, 0.3) is 0 Å². The van der Waals surface area contributed by atoms with Gasteiger partial charge in [-0.15, -0.1) is 0 Å². The van der Waals surface area contributed by atoms with Gasteiger partial charge in [0.2, 0.25) is 0 Å². The molecule has 2 N–H and O–H groups in total. The molecule has 1 heterocycles. The molecule has 1 aromatic rings. The maximum absolute atomic E-state index is 5.06. The molecule has 0 fully saturated rings. The fraction of sp³-hybridized carbons (Fsp3) is 0.308. The van der Waals surface area contributed by atoms with Crippen LogP contribution in [0.15, 0.2) is 28.4 Å². The summed E-state index contributed by atoms with van der Waals surface area (Å²) in [6, 6.07) is 5.53. The lowest BCUT2D eigenvalue weighted by atomic mass is 10.3. The molecule has 0 amide bonds. The van der Waals surface area contributed by atoms with Crippen molar-refractivity contribution >= 4 is 47.1 Å². The zero-order chi connectivity index (χ0) is 16.5. The Hall–Kier alpha value is -2.13. The highest BCUT2D eigenvalue weighted by Gasteiger charge is 1.97. The van der Waals surface area contributed by atoms with Crippen molar-refractivity contribution in [1.29, 1.82) is 0 Å². The van der Waals surface area contributed by atoms with E-state index in [4.69, 9.17) is 24.4 Å². The number of thiocarbonyl (C=S) groups is 2. The number of hydrazone groups is 2. The SMILES string of the molecule is CN(C)C(=S)NN=Cc1cccc(C=NNC(=S)N(C)C)n1. The van der Waals surface area contributed by atoms with Gasteiger partial charge in [0.05, 0.1) is 23.8 Å². The Kier molecular flexibility index (Phi) is 7.33. The summed E-state index contributed by atoms with van der Waals surface area (Å²) in [5.74, 6) is 0. The molecule has 118 valence electrons. The Morgan fingerprint density at radius 2 is 1.36 bits per heavy atom. The molecule has 0 aliphatic carbocycles. The minimum Gasteiger partial charge on any atom is -0.354 e. The van der Waals surface area contributed by atoms with Crippen molar-refractivity contribution in [3.8, 4) is 0 Å². The Morgan fingerprint density at radius 3 is 1.73 bits per heavy atom. The maximum atomic E-state index is 5.06. The largest absolute Gasteiger partial charge is 0.354 e. The second-order valence-corrected chi connectivity index (χ2v) is 5.40. The lowest BCUT2D eigenvalue weighted by Crippen LogP contribution is -2.30. The lowest BCUT2D eigenvalue weighted by molar-refractivity contribution is 0.606. The van der Waals surface area contributed by atoms with Gasteiger partial charge in [0, 0.05) is 28.2 Å². The number of hydrogen-bond donors (Lipinski definition) is 2. The summed E-state index contributed by atoms with van der Waals surface area (Å²) < 4.78 is 0. The molecule has 1 aromatic heterocycles. The first-order chi connectivity index (χ1) is 10.4. The molecule has 0 unspecified atom stereocenters. The molecule has 0 aliphatic heterocycles. The van der Waals surface area contributed by atoms with Gasteiger partial charge in [0.25, 0.3) is 0 Å². The van der Waals surface area contributed by atoms with Crippen LogP contribution >= 0.6 is 24.4 Å². The standard InChI is InChI=1S/C13H19N7S2/c1-19(2)12(21)17-14-8-10-6-5-7-11(16-10)9-15-18-13(22)20(3)4/h5-9H,1-4H3,(H,17,21)(H,18,22). The monoisotopic (exact) mass is 337 g/mol. The van der Waals surface area contributed by atoms with E-state index in [0.717, 1.165) is 0 Å². The van der Waals surface area contributed by atoms with Crippen LogP contribution in [-0.4, -0.2) is 65.6 Å². The van der Waals surface area contributed by atoms with E-state index >= 15 is 0 Å². The van der Waals surface area contributed by atoms with Gasteiger partial charge >= 0.3 is 0 Å². The van der Waals surface area contributed by atoms with Gasteiger partial charge in [-0.2, -0.15) is 10.2 Å². The number of nitrogens with zero attached hydrogens (tertiary/aromatic N) is 5. The van der Waals surface area contributed by atoms with Crippen molar-refractivity contribution < 1.29 is 0 Å². The second kappa shape index (κ2) is 9.00. The van der Waals surface area contributed by atoms with E-state index in [9.17, 15) is 0 Å². The normalized spacial score (nSPS) is 10.7. The summed E-state index contributed by atoms with van der Waals surface area (Å²) in [5.41, 5.74) is 6.85. The Labute approximate surface area is 141 Å². The third kappa shape index (κ3) is 6.55. The summed E-state index contributed by atoms with van der Waals surface area (Å²) in [4.78, 5) is 7.87. The fourth-order valence-electron chi connectivity index (χ4n) is 1.12. The highest BCUT2D eigenvalue weighted by molar-refractivity contribution is 7.80. The Bertz CT molecular complexity index is 534. The molecular weight excluding hydrogens is 318 g/mol. The van der Waals surface area contributed by atoms with E-state index in [1.165, 1.54) is 0 Å². The average molecular weight is 337 g/mol. The molecule has 0 saturated heterocycles. The van der Waals surface area contributed by atoms with E-state index in [1.807, 2.05) is 46.4 Å². The van der Waals surface area contributed by atoms with Crippen molar-refractivity contribution in [3.05, 3.63) is 29.6 Å². The van der Waals surface area contributed by atoms with Gasteiger partial charge in [-0.3, -0.25) is 10.9 Å². The number of pyridine rings is 1. The van der Waals surface area contributed by atoms with Gasteiger partial charge in [-0.05, 0) is 36.6 Å². The van der Waals surface area contributed by atoms with Gasteiger partial charge in [-0.1, -0.05) is 6.07 Å². The molecule has 0 spiro atoms. The van der Waals surface area contributed by atoms with Crippen LogP contribution in [0.5, 0.6) is 0 Å². The first kappa shape index (κ1) is 17.9. The summed E-state index contributed by atoms with van der Waals surface area (Å²) in [6.07, 6.45) is 3.18. The van der Waals surface area contributed by atoms with Crippen molar-refractivity contribution in [2.24, 2.45) is 10.2 Å². The van der Waals surface area contributed by atoms with E-state index < -0.39 is 0 Å². The summed E-state index contributed by atoms with van der Waals surface area (Å²) in [5, 5.41) is 9.10. The van der Waals surface area contributed by atoms with E-state index in [1.54, 1.807) is 22.2 Å². The number of rotatable bonds is 4. The maximum Gasteiger partial charge on any atom is 0.189 e. The van der Waals surface area contributed by atoms with Gasteiger partial charge < -0.3 is 9.80 Å². The molecule has 1 rings (SSSR count). The Morgan fingerprint density at radius 1 is 0.955 bits per heavy atom. The van der Waals surface area contributed by atoms with Crippen LogP contribution in [-0.2, 0) is 0 Å². The van der Waals surface area contributed by atoms with E-state index in [0.29, 0.717) is 21.6 Å². The number of hydrogen-bond acceptors (Lipinski definition) is 5. The van der Waals surface area contributed by atoms with E-state index in [2.05, 4.69) is 26.0 Å². The van der Waals surface area contributed by atoms with Crippen LogP contribution < -0.4 is 10.9 Å². The van der Waals surface area contributed by atoms with Crippen LogP contribution in [0.4, 0.5) is 0 Å². The quantitative estimate of drug-likeness (QED) is 0.474. The highest BCUT2D eigenvalue weighted by atomic mass is 32.1. The molecule has 0 aromatic carbocycles. The predicted molar refractivity (Wildman–Crippen MR) is 98.3 cm³/mol. The molecule has 0 aliphatic rings. The van der Waals surface area contributed by atoms with Crippen LogP contribution in [0.3, 0.4) is 0 Å². The Balaban J connectivity index is 2.62. The molecule has 7 nitrogen and oxygen atoms in total. The minimum absolute atomic E-state index is 0.523. The van der Waals surface area contributed by atoms with Crippen LogP contribution in [0, 0.1) is 0 Å². The summed E-state index contributed by atoms with van der Waals surface area (Å²) >= 11 is 10.1.